The smallest absolute Gasteiger partial charge is 0.374 e. The van der Waals surface area contributed by atoms with Crippen molar-refractivity contribution < 1.29 is 23.5 Å². The van der Waals surface area contributed by atoms with Gasteiger partial charge in [0.25, 0.3) is 5.91 Å². The number of esters is 1. The number of benzene rings is 2. The van der Waals surface area contributed by atoms with Crippen molar-refractivity contribution in [1.82, 2.24) is 24.7 Å². The molecular formula is C35H39N5O5. The number of nitrogens with one attached hydrogen (secondary N) is 1. The topological polar surface area (TPSA) is 110 Å². The summed E-state index contributed by atoms with van der Waals surface area (Å²) in [6.07, 6.45) is 4.68. The summed E-state index contributed by atoms with van der Waals surface area (Å²) in [6.45, 7) is 4.77. The Balaban J connectivity index is 1.30. The second-order valence-electron chi connectivity index (χ2n) is 11.5. The zero-order chi connectivity index (χ0) is 31.2. The fourth-order valence-electron chi connectivity index (χ4n) is 6.33. The van der Waals surface area contributed by atoms with Crippen LogP contribution in [0.1, 0.15) is 64.6 Å². The highest BCUT2D eigenvalue weighted by molar-refractivity contribution is 5.99. The summed E-state index contributed by atoms with van der Waals surface area (Å²) in [6, 6.07) is 22.7. The van der Waals surface area contributed by atoms with Crippen molar-refractivity contribution in [2.75, 3.05) is 32.8 Å². The maximum Gasteiger partial charge on any atom is 0.374 e. The predicted octanol–water partition coefficient (Wildman–Crippen LogP) is 4.73. The maximum atomic E-state index is 14.3. The van der Waals surface area contributed by atoms with Gasteiger partial charge in [0.15, 0.2) is 5.69 Å². The van der Waals surface area contributed by atoms with Crippen LogP contribution >= 0.6 is 0 Å². The van der Waals surface area contributed by atoms with Crippen molar-refractivity contribution in [1.29, 1.82) is 0 Å². The molecule has 2 aliphatic heterocycles. The van der Waals surface area contributed by atoms with Crippen molar-refractivity contribution in [3.05, 3.63) is 102 Å². The lowest BCUT2D eigenvalue weighted by atomic mass is 10.0. The van der Waals surface area contributed by atoms with Crippen molar-refractivity contribution in [3.63, 3.8) is 0 Å². The standard InChI is InChI=1S/C35H39N5O5/c1-2-44-35(43)30-17-16-28(45-30)23-38-19-10-9-15-29(33(38)41)40-24-37-31(32(40)26-13-7-4-8-14-26)34(42)39-20-18-36-22-27(39)21-25-11-5-3-6-12-25/h3-8,11-14,16-17,24,27,29,36H,2,9-10,15,18-23H2,1H3/t27-,29?/m1/s1. The van der Waals surface area contributed by atoms with Crippen molar-refractivity contribution in [2.24, 2.45) is 0 Å². The number of nitrogens with zero attached hydrogens (tertiary/aromatic N) is 4. The third-order valence-electron chi connectivity index (χ3n) is 8.54. The summed E-state index contributed by atoms with van der Waals surface area (Å²) >= 11 is 0. The van der Waals surface area contributed by atoms with E-state index in [-0.39, 0.29) is 36.8 Å². The van der Waals surface area contributed by atoms with Crippen LogP contribution in [0.15, 0.2) is 83.5 Å². The molecule has 0 bridgehead atoms. The Morgan fingerprint density at radius 2 is 1.78 bits per heavy atom. The minimum atomic E-state index is -0.542. The van der Waals surface area contributed by atoms with Crippen LogP contribution in [0.2, 0.25) is 0 Å². The van der Waals surface area contributed by atoms with Crippen LogP contribution in [-0.2, 0) is 22.5 Å². The highest BCUT2D eigenvalue weighted by Crippen LogP contribution is 2.33. The van der Waals surface area contributed by atoms with Gasteiger partial charge >= 0.3 is 5.97 Å². The quantitative estimate of drug-likeness (QED) is 0.273. The number of hydrogen-bond acceptors (Lipinski definition) is 7. The molecule has 6 rings (SSSR count). The molecule has 2 fully saturated rings. The van der Waals surface area contributed by atoms with Gasteiger partial charge in [0.05, 0.1) is 25.2 Å². The molecule has 4 aromatic rings. The van der Waals surface area contributed by atoms with Crippen LogP contribution in [0.5, 0.6) is 0 Å². The highest BCUT2D eigenvalue weighted by atomic mass is 16.5. The van der Waals surface area contributed by atoms with E-state index in [9.17, 15) is 14.4 Å². The molecular weight excluding hydrogens is 570 g/mol. The molecule has 1 unspecified atom stereocenters. The SMILES string of the molecule is CCOC(=O)c1ccc(CN2CCCCC(n3cnc(C(=O)N4CCNC[C@H]4Cc4ccccc4)c3-c3ccccc3)C2=O)o1. The van der Waals surface area contributed by atoms with Gasteiger partial charge in [0.2, 0.25) is 11.7 Å². The van der Waals surface area contributed by atoms with Crippen LogP contribution in [0.4, 0.5) is 0 Å². The normalized spacial score (nSPS) is 18.9. The number of rotatable bonds is 9. The molecule has 4 heterocycles. The number of ether oxygens (including phenoxy) is 1. The fraction of sp³-hybridized carbons (Fsp3) is 0.371. The molecule has 10 nitrogen and oxygen atoms in total. The van der Waals surface area contributed by atoms with Crippen LogP contribution < -0.4 is 5.32 Å². The zero-order valence-electron chi connectivity index (χ0n) is 25.6. The lowest BCUT2D eigenvalue weighted by Gasteiger charge is -2.36. The molecule has 2 aliphatic rings. The Morgan fingerprint density at radius 3 is 2.56 bits per heavy atom. The highest BCUT2D eigenvalue weighted by Gasteiger charge is 2.35. The fourth-order valence-corrected chi connectivity index (χ4v) is 6.33. The molecule has 45 heavy (non-hydrogen) atoms. The number of carbonyl (C=O) groups is 3. The molecule has 0 radical (unpaired) electrons. The Hall–Kier alpha value is -4.70. The number of hydrogen-bond donors (Lipinski definition) is 1. The average Bonchev–Trinajstić information content (AvgIpc) is 3.69. The number of carbonyl (C=O) groups excluding carboxylic acids is 3. The van der Waals surface area contributed by atoms with E-state index in [0.717, 1.165) is 24.8 Å². The summed E-state index contributed by atoms with van der Waals surface area (Å²) in [5.74, 6) is -0.0926. The summed E-state index contributed by atoms with van der Waals surface area (Å²) in [4.78, 5) is 49.0. The Morgan fingerprint density at radius 1 is 1.00 bits per heavy atom. The second kappa shape index (κ2) is 13.9. The van der Waals surface area contributed by atoms with Gasteiger partial charge in [0.1, 0.15) is 11.8 Å². The van der Waals surface area contributed by atoms with Crippen LogP contribution in [0.3, 0.4) is 0 Å². The maximum absolute atomic E-state index is 14.3. The number of amides is 2. The first-order chi connectivity index (χ1) is 22.0. The monoisotopic (exact) mass is 609 g/mol. The van der Waals surface area contributed by atoms with Gasteiger partial charge in [-0.1, -0.05) is 60.7 Å². The van der Waals surface area contributed by atoms with E-state index in [2.05, 4.69) is 17.4 Å². The number of piperazine rings is 1. The summed E-state index contributed by atoms with van der Waals surface area (Å²) in [5, 5.41) is 3.44. The number of aromatic nitrogens is 2. The molecule has 2 atom stereocenters. The molecule has 0 aliphatic carbocycles. The lowest BCUT2D eigenvalue weighted by Crippen LogP contribution is -2.54. The number of imidazole rings is 1. The van der Waals surface area contributed by atoms with Gasteiger partial charge < -0.3 is 28.8 Å². The molecule has 2 aromatic carbocycles. The van der Waals surface area contributed by atoms with E-state index < -0.39 is 12.0 Å². The van der Waals surface area contributed by atoms with E-state index in [4.69, 9.17) is 14.1 Å². The molecule has 10 heteroatoms. The van der Waals surface area contributed by atoms with Gasteiger partial charge in [-0.25, -0.2) is 9.78 Å². The van der Waals surface area contributed by atoms with E-state index in [1.54, 1.807) is 30.3 Å². The molecule has 234 valence electrons. The van der Waals surface area contributed by atoms with Gasteiger partial charge in [0, 0.05) is 37.8 Å². The Bertz CT molecular complexity index is 1620. The first kappa shape index (κ1) is 30.3. The van der Waals surface area contributed by atoms with Crippen LogP contribution in [0.25, 0.3) is 11.3 Å². The first-order valence-electron chi connectivity index (χ1n) is 15.8. The molecule has 2 amide bonds. The van der Waals surface area contributed by atoms with E-state index in [1.165, 1.54) is 5.56 Å². The van der Waals surface area contributed by atoms with Gasteiger partial charge in [-0.15, -0.1) is 0 Å². The predicted molar refractivity (Wildman–Crippen MR) is 168 cm³/mol. The molecule has 2 aromatic heterocycles. The summed E-state index contributed by atoms with van der Waals surface area (Å²) in [7, 11) is 0. The van der Waals surface area contributed by atoms with Crippen molar-refractivity contribution >= 4 is 17.8 Å². The third-order valence-corrected chi connectivity index (χ3v) is 8.54. The molecule has 0 spiro atoms. The van der Waals surface area contributed by atoms with Crippen LogP contribution in [-0.4, -0.2) is 76.0 Å². The van der Waals surface area contributed by atoms with Crippen molar-refractivity contribution in [2.45, 2.75) is 51.2 Å². The summed E-state index contributed by atoms with van der Waals surface area (Å²) < 4.78 is 12.7. The Kier molecular flexibility index (Phi) is 9.40. The molecule has 2 saturated heterocycles. The summed E-state index contributed by atoms with van der Waals surface area (Å²) in [5.41, 5.74) is 3.02. The van der Waals surface area contributed by atoms with E-state index >= 15 is 0 Å². The van der Waals surface area contributed by atoms with Crippen LogP contribution in [0, 0.1) is 0 Å². The van der Waals surface area contributed by atoms with Gasteiger partial charge in [-0.2, -0.15) is 0 Å². The number of furan rings is 1. The van der Waals surface area contributed by atoms with Gasteiger partial charge in [-0.3, -0.25) is 9.59 Å². The van der Waals surface area contributed by atoms with E-state index in [0.29, 0.717) is 49.7 Å². The first-order valence-corrected chi connectivity index (χ1v) is 15.8. The molecule has 1 N–H and O–H groups in total. The van der Waals surface area contributed by atoms with E-state index in [1.807, 2.05) is 58.0 Å². The van der Waals surface area contributed by atoms with Gasteiger partial charge in [-0.05, 0) is 50.3 Å². The third kappa shape index (κ3) is 6.71. The average molecular weight is 610 g/mol. The second-order valence-corrected chi connectivity index (χ2v) is 11.5. The minimum Gasteiger partial charge on any atom is -0.460 e. The minimum absolute atomic E-state index is 0.0229. The van der Waals surface area contributed by atoms with Crippen molar-refractivity contribution in [3.8, 4) is 11.3 Å². The zero-order valence-corrected chi connectivity index (χ0v) is 25.6. The Labute approximate surface area is 263 Å². The largest absolute Gasteiger partial charge is 0.460 e. The number of likely N-dealkylation sites (tertiary alicyclic amines) is 1. The lowest BCUT2D eigenvalue weighted by molar-refractivity contribution is -0.135. The molecule has 0 saturated carbocycles.